The van der Waals surface area contributed by atoms with Crippen LogP contribution < -0.4 is 20.2 Å². The van der Waals surface area contributed by atoms with E-state index in [-0.39, 0.29) is 23.8 Å². The van der Waals surface area contributed by atoms with Gasteiger partial charge in [-0.3, -0.25) is 4.68 Å². The van der Waals surface area contributed by atoms with Crippen molar-refractivity contribution in [3.63, 3.8) is 0 Å². The first-order chi connectivity index (χ1) is 24.7. The summed E-state index contributed by atoms with van der Waals surface area (Å²) in [6.45, 7) is 7.99. The third-order valence-electron chi connectivity index (χ3n) is 9.37. The van der Waals surface area contributed by atoms with Gasteiger partial charge < -0.3 is 24.4 Å². The molecule has 0 spiro atoms. The Labute approximate surface area is 295 Å². The van der Waals surface area contributed by atoms with Gasteiger partial charge >= 0.3 is 5.69 Å². The number of hydrogen-bond acceptors (Lipinski definition) is 9. The molecule has 2 aromatic heterocycles. The number of benzene rings is 3. The Kier molecular flexibility index (Phi) is 11.4. The van der Waals surface area contributed by atoms with Crippen molar-refractivity contribution in [2.75, 3.05) is 49.2 Å². The van der Waals surface area contributed by atoms with Crippen molar-refractivity contribution in [1.29, 1.82) is 0 Å². The van der Waals surface area contributed by atoms with Crippen LogP contribution in [-0.2, 0) is 11.8 Å². The number of halogens is 2. The molecule has 2 aliphatic heterocycles. The van der Waals surface area contributed by atoms with E-state index >= 15 is 0 Å². The molecule has 0 saturated carbocycles. The zero-order valence-corrected chi connectivity index (χ0v) is 29.1. The van der Waals surface area contributed by atoms with E-state index in [1.807, 2.05) is 50.4 Å². The predicted molar refractivity (Wildman–Crippen MR) is 189 cm³/mol. The molecule has 2 saturated heterocycles. The van der Waals surface area contributed by atoms with Crippen molar-refractivity contribution in [1.82, 2.24) is 29.1 Å². The molecule has 2 fully saturated rings. The molecule has 0 radical (unpaired) electrons. The van der Waals surface area contributed by atoms with Crippen LogP contribution in [-0.4, -0.2) is 79.7 Å². The first kappa shape index (κ1) is 35.7. The highest BCUT2D eigenvalue weighted by atomic mass is 19.1. The number of nitrogens with zero attached hydrogens (tertiary/aromatic N) is 8. The lowest BCUT2D eigenvalue weighted by atomic mass is 10.0. The van der Waals surface area contributed by atoms with Crippen molar-refractivity contribution in [3.8, 4) is 11.4 Å². The molecule has 0 aliphatic carbocycles. The number of aromatic nitrogens is 6. The molecule has 7 rings (SSSR count). The number of rotatable bonds is 10. The second-order valence-electron chi connectivity index (χ2n) is 12.9. The van der Waals surface area contributed by atoms with E-state index < -0.39 is 17.7 Å². The monoisotopic (exact) mass is 702 g/mol. The smallest absolute Gasteiger partial charge is 0.350 e. The molecule has 270 valence electrons. The zero-order chi connectivity index (χ0) is 35.9. The minimum atomic E-state index is -0.668. The molecule has 2 aliphatic rings. The quantitative estimate of drug-likeness (QED) is 0.216. The molecule has 0 bridgehead atoms. The minimum Gasteiger partial charge on any atom is -0.493 e. The number of aryl methyl sites for hydroxylation is 1. The summed E-state index contributed by atoms with van der Waals surface area (Å²) in [7, 11) is 1.83. The molecule has 3 unspecified atom stereocenters. The lowest BCUT2D eigenvalue weighted by molar-refractivity contribution is 0.100. The minimum absolute atomic E-state index is 0.128. The summed E-state index contributed by atoms with van der Waals surface area (Å²) >= 11 is 0. The molecule has 0 amide bonds. The molecule has 4 atom stereocenters. The van der Waals surface area contributed by atoms with Crippen molar-refractivity contribution < 1.29 is 23.4 Å². The summed E-state index contributed by atoms with van der Waals surface area (Å²) in [5.74, 6) is -0.266. The maximum absolute atomic E-state index is 14.1. The van der Waals surface area contributed by atoms with Crippen LogP contribution in [0.25, 0.3) is 5.69 Å². The Hall–Kier alpha value is -5.08. The van der Waals surface area contributed by atoms with Gasteiger partial charge in [0, 0.05) is 62.1 Å². The molecular weight excluding hydrogens is 658 g/mol. The fourth-order valence-electron chi connectivity index (χ4n) is 6.51. The van der Waals surface area contributed by atoms with Gasteiger partial charge in [-0.05, 0) is 74.4 Å². The summed E-state index contributed by atoms with van der Waals surface area (Å²) in [6, 6.07) is 19.2. The van der Waals surface area contributed by atoms with Crippen LogP contribution in [0.3, 0.4) is 0 Å². The van der Waals surface area contributed by atoms with Gasteiger partial charge in [-0.1, -0.05) is 13.0 Å². The summed E-state index contributed by atoms with van der Waals surface area (Å²) < 4.78 is 43.7. The van der Waals surface area contributed by atoms with Gasteiger partial charge in [-0.25, -0.2) is 27.8 Å². The van der Waals surface area contributed by atoms with Gasteiger partial charge in [-0.15, -0.1) is 0 Å². The Morgan fingerprint density at radius 1 is 0.922 bits per heavy atom. The third-order valence-corrected chi connectivity index (χ3v) is 9.37. The van der Waals surface area contributed by atoms with E-state index in [0.717, 1.165) is 55.1 Å². The van der Waals surface area contributed by atoms with Crippen molar-refractivity contribution in [2.24, 2.45) is 13.0 Å². The summed E-state index contributed by atoms with van der Waals surface area (Å²) in [4.78, 5) is 21.3. The average Bonchev–Trinajstić information content (AvgIpc) is 3.91. The Morgan fingerprint density at radius 2 is 1.57 bits per heavy atom. The van der Waals surface area contributed by atoms with E-state index in [1.165, 1.54) is 34.0 Å². The van der Waals surface area contributed by atoms with Gasteiger partial charge in [0.05, 0.1) is 37.2 Å². The Balaban J connectivity index is 0.000000677. The van der Waals surface area contributed by atoms with Crippen molar-refractivity contribution in [2.45, 2.75) is 44.9 Å². The summed E-state index contributed by atoms with van der Waals surface area (Å²) in [5.41, 5.74) is 3.09. The number of hydrogen-bond donors (Lipinski definition) is 1. The number of aliphatic hydroxyl groups excluding tert-OH is 1. The lowest BCUT2D eigenvalue weighted by Crippen LogP contribution is -2.46. The summed E-state index contributed by atoms with van der Waals surface area (Å²) in [6.07, 6.45) is 4.83. The highest BCUT2D eigenvalue weighted by Crippen LogP contribution is 2.34. The predicted octanol–water partition coefficient (Wildman–Crippen LogP) is 4.94. The van der Waals surface area contributed by atoms with E-state index in [0.29, 0.717) is 31.6 Å². The molecule has 1 N–H and O–H groups in total. The number of aliphatic hydroxyl groups is 1. The largest absolute Gasteiger partial charge is 0.493 e. The first-order valence-electron chi connectivity index (χ1n) is 17.2. The standard InChI is InChI=1S/C34H39F2N5O4.C3H5N3/c1-3-32(23(2)42)41-34(43)40(22-37-41)28-7-5-26(6-8-28)38-14-16-39(17-15-38)27-9-11-29(12-10-27)44-20-24-18-33(45-21-24)30-13-4-25(35)19-31(30)36;1-6-3-4-2-5-6/h4-13,19,22-24,32-33,42H,3,14-18,20-21H2,1-2H3;2-3H,1H3/t23?,24-,32?,33?;/m1./s1. The lowest BCUT2D eigenvalue weighted by Gasteiger charge is -2.37. The van der Waals surface area contributed by atoms with E-state index in [4.69, 9.17) is 9.47 Å². The first-order valence-corrected chi connectivity index (χ1v) is 17.2. The van der Waals surface area contributed by atoms with Crippen molar-refractivity contribution >= 4 is 11.4 Å². The zero-order valence-electron chi connectivity index (χ0n) is 29.1. The van der Waals surface area contributed by atoms with Crippen molar-refractivity contribution in [3.05, 3.63) is 113 Å². The van der Waals surface area contributed by atoms with Crippen LogP contribution >= 0.6 is 0 Å². The van der Waals surface area contributed by atoms with E-state index in [2.05, 4.69) is 37.1 Å². The average molecular weight is 703 g/mol. The molecule has 5 aromatic rings. The molecule has 14 heteroatoms. The van der Waals surface area contributed by atoms with Gasteiger partial charge in [0.1, 0.15) is 36.4 Å². The Bertz CT molecular complexity index is 1890. The highest BCUT2D eigenvalue weighted by Gasteiger charge is 2.29. The van der Waals surface area contributed by atoms with E-state index in [9.17, 15) is 18.7 Å². The molecular formula is C37H44F2N8O4. The van der Waals surface area contributed by atoms with Gasteiger partial charge in [0.15, 0.2) is 0 Å². The van der Waals surface area contributed by atoms with Gasteiger partial charge in [0.2, 0.25) is 0 Å². The van der Waals surface area contributed by atoms with Crippen LogP contribution in [0.1, 0.15) is 44.4 Å². The molecule has 12 nitrogen and oxygen atoms in total. The maximum Gasteiger partial charge on any atom is 0.350 e. The van der Waals surface area contributed by atoms with Crippen LogP contribution in [0.5, 0.6) is 5.75 Å². The number of ether oxygens (including phenoxy) is 2. The summed E-state index contributed by atoms with van der Waals surface area (Å²) in [5, 5.41) is 18.0. The van der Waals surface area contributed by atoms with E-state index in [1.54, 1.807) is 17.9 Å². The normalized spacial score (nSPS) is 18.6. The van der Waals surface area contributed by atoms with Crippen LogP contribution in [0, 0.1) is 17.6 Å². The highest BCUT2D eigenvalue weighted by molar-refractivity contribution is 5.54. The molecule has 4 heterocycles. The fourth-order valence-corrected chi connectivity index (χ4v) is 6.51. The van der Waals surface area contributed by atoms with Gasteiger partial charge in [0.25, 0.3) is 0 Å². The number of piperazine rings is 1. The SMILES string of the molecule is CCC(C(C)O)n1ncn(-c2ccc(N3CCN(c4ccc(OC[C@@H]5COC(c6ccc(F)cc6F)C5)cc4)CC3)cc2)c1=O.Cn1cncn1. The van der Waals surface area contributed by atoms with Gasteiger partial charge in [-0.2, -0.15) is 10.2 Å². The third kappa shape index (κ3) is 8.63. The molecule has 51 heavy (non-hydrogen) atoms. The second-order valence-corrected chi connectivity index (χ2v) is 12.9. The Morgan fingerprint density at radius 3 is 2.12 bits per heavy atom. The topological polar surface area (TPSA) is 116 Å². The van der Waals surface area contributed by atoms with Crippen LogP contribution in [0.15, 0.2) is 90.5 Å². The maximum atomic E-state index is 14.1. The second kappa shape index (κ2) is 16.3. The fraction of sp³-hybridized carbons (Fsp3) is 0.405. The number of anilines is 2. The molecule has 3 aromatic carbocycles. The van der Waals surface area contributed by atoms with Crippen LogP contribution in [0.2, 0.25) is 0 Å². The van der Waals surface area contributed by atoms with Crippen LogP contribution in [0.4, 0.5) is 20.2 Å².